The highest BCUT2D eigenvalue weighted by Crippen LogP contribution is 2.09. The van der Waals surface area contributed by atoms with Crippen molar-refractivity contribution >= 4 is 12.2 Å². The minimum absolute atomic E-state index is 0.187. The zero-order valence-electron chi connectivity index (χ0n) is 13.0. The Hall–Kier alpha value is -2.08. The van der Waals surface area contributed by atoms with Gasteiger partial charge in [0.1, 0.15) is 0 Å². The molecular formula is C16H24N2O4. The Morgan fingerprint density at radius 1 is 1.14 bits per heavy atom. The number of aliphatic hydroxyl groups is 1. The second-order valence-corrected chi connectivity index (χ2v) is 4.95. The van der Waals surface area contributed by atoms with Crippen LogP contribution in [0.5, 0.6) is 0 Å². The lowest BCUT2D eigenvalue weighted by molar-refractivity contribution is 0.115. The molecule has 1 rings (SSSR count). The van der Waals surface area contributed by atoms with E-state index in [-0.39, 0.29) is 6.61 Å². The van der Waals surface area contributed by atoms with Gasteiger partial charge >= 0.3 is 12.2 Å². The number of rotatable bonds is 8. The van der Waals surface area contributed by atoms with Crippen LogP contribution in [0.2, 0.25) is 0 Å². The zero-order valence-corrected chi connectivity index (χ0v) is 13.0. The molecule has 1 aromatic rings. The first-order chi connectivity index (χ1) is 10.7. The Morgan fingerprint density at radius 3 is 2.45 bits per heavy atom. The number of unbranched alkanes of at least 4 members (excludes halogenated alkanes) is 3. The van der Waals surface area contributed by atoms with E-state index in [4.69, 9.17) is 9.84 Å². The van der Waals surface area contributed by atoms with Crippen LogP contribution in [-0.4, -0.2) is 42.4 Å². The Kier molecular flexibility index (Phi) is 8.67. The third kappa shape index (κ3) is 7.08. The number of benzene rings is 1. The average Bonchev–Trinajstić information content (AvgIpc) is 2.54. The molecule has 1 aromatic carbocycles. The summed E-state index contributed by atoms with van der Waals surface area (Å²) in [5.74, 6) is 0. The van der Waals surface area contributed by atoms with Gasteiger partial charge in [0.2, 0.25) is 0 Å². The molecule has 2 amide bonds. The first kappa shape index (κ1) is 18.0. The van der Waals surface area contributed by atoms with Crippen molar-refractivity contribution in [3.63, 3.8) is 0 Å². The van der Waals surface area contributed by atoms with Crippen molar-refractivity contribution in [3.05, 3.63) is 35.9 Å². The van der Waals surface area contributed by atoms with Crippen LogP contribution in [0.25, 0.3) is 0 Å². The number of ether oxygens (including phenoxy) is 1. The Morgan fingerprint density at radius 2 is 1.82 bits per heavy atom. The number of alkyl carbamates (subject to hydrolysis) is 1. The summed E-state index contributed by atoms with van der Waals surface area (Å²) in [6, 6.07) is 9.56. The van der Waals surface area contributed by atoms with Crippen molar-refractivity contribution in [2.24, 2.45) is 0 Å². The predicted molar refractivity (Wildman–Crippen MR) is 83.3 cm³/mol. The van der Waals surface area contributed by atoms with Gasteiger partial charge in [0.15, 0.2) is 0 Å². The monoisotopic (exact) mass is 308 g/mol. The molecule has 0 radical (unpaired) electrons. The first-order valence-electron chi connectivity index (χ1n) is 7.50. The summed E-state index contributed by atoms with van der Waals surface area (Å²) >= 11 is 0. The highest BCUT2D eigenvalue weighted by molar-refractivity contribution is 5.83. The van der Waals surface area contributed by atoms with E-state index in [1.807, 2.05) is 30.3 Å². The van der Waals surface area contributed by atoms with E-state index < -0.39 is 12.2 Å². The summed E-state index contributed by atoms with van der Waals surface area (Å²) in [5, 5.41) is 11.0. The van der Waals surface area contributed by atoms with Gasteiger partial charge in [0, 0.05) is 26.7 Å². The summed E-state index contributed by atoms with van der Waals surface area (Å²) in [6.07, 6.45) is 1.99. The van der Waals surface area contributed by atoms with E-state index in [0.717, 1.165) is 31.2 Å². The molecule has 0 aliphatic carbocycles. The van der Waals surface area contributed by atoms with E-state index in [9.17, 15) is 9.59 Å². The van der Waals surface area contributed by atoms with Gasteiger partial charge in [-0.2, -0.15) is 0 Å². The summed E-state index contributed by atoms with van der Waals surface area (Å²) in [5.41, 5.74) is 0.978. The lowest BCUT2D eigenvalue weighted by Gasteiger charge is -2.21. The van der Waals surface area contributed by atoms with Gasteiger partial charge < -0.3 is 20.1 Å². The summed E-state index contributed by atoms with van der Waals surface area (Å²) in [7, 11) is 1.41. The smallest absolute Gasteiger partial charge is 0.396 e. The molecule has 0 aliphatic heterocycles. The van der Waals surface area contributed by atoms with E-state index in [1.54, 1.807) is 0 Å². The largest absolute Gasteiger partial charge is 0.419 e. The zero-order chi connectivity index (χ0) is 16.2. The molecule has 0 bridgehead atoms. The molecule has 0 atom stereocenters. The number of hydrogen-bond donors (Lipinski definition) is 2. The number of nitrogens with one attached hydrogen (secondary N) is 1. The molecule has 122 valence electrons. The number of hydrogen-bond acceptors (Lipinski definition) is 4. The fraction of sp³-hybridized carbons (Fsp3) is 0.500. The first-order valence-corrected chi connectivity index (χ1v) is 7.50. The quantitative estimate of drug-likeness (QED) is 0.571. The van der Waals surface area contributed by atoms with Crippen LogP contribution >= 0.6 is 0 Å². The van der Waals surface area contributed by atoms with Crippen molar-refractivity contribution < 1.29 is 19.4 Å². The van der Waals surface area contributed by atoms with E-state index >= 15 is 0 Å². The third-order valence-corrected chi connectivity index (χ3v) is 3.19. The maximum atomic E-state index is 12.0. The number of amides is 2. The van der Waals surface area contributed by atoms with Crippen molar-refractivity contribution in [2.75, 3.05) is 20.2 Å². The lowest BCUT2D eigenvalue weighted by atomic mass is 10.1. The van der Waals surface area contributed by atoms with Crippen LogP contribution in [-0.2, 0) is 11.3 Å². The minimum Gasteiger partial charge on any atom is -0.396 e. The van der Waals surface area contributed by atoms with E-state index in [2.05, 4.69) is 5.32 Å². The molecule has 0 spiro atoms. The predicted octanol–water partition coefficient (Wildman–Crippen LogP) is 2.52. The standard InChI is InChI=1S/C16H24N2O4/c1-17-15(20)22-16(21)18(11-7-2-3-8-12-19)13-14-9-5-4-6-10-14/h4-6,9-10,19H,2-3,7-8,11-13H2,1H3,(H,17,20). The van der Waals surface area contributed by atoms with Gasteiger partial charge in [-0.3, -0.25) is 0 Å². The van der Waals surface area contributed by atoms with Crippen LogP contribution in [0.15, 0.2) is 30.3 Å². The molecule has 0 saturated carbocycles. The SMILES string of the molecule is CNC(=O)OC(=O)N(CCCCCCO)Cc1ccccc1. The molecule has 0 saturated heterocycles. The summed E-state index contributed by atoms with van der Waals surface area (Å²) in [6.45, 7) is 1.10. The van der Waals surface area contributed by atoms with Gasteiger partial charge in [0.05, 0.1) is 0 Å². The van der Waals surface area contributed by atoms with Gasteiger partial charge in [0.25, 0.3) is 0 Å². The average molecular weight is 308 g/mol. The molecule has 6 nitrogen and oxygen atoms in total. The van der Waals surface area contributed by atoms with Crippen molar-refractivity contribution in [2.45, 2.75) is 32.2 Å². The Balaban J connectivity index is 2.55. The van der Waals surface area contributed by atoms with Crippen LogP contribution in [0, 0.1) is 0 Å². The summed E-state index contributed by atoms with van der Waals surface area (Å²) in [4.78, 5) is 24.7. The van der Waals surface area contributed by atoms with Gasteiger partial charge in [-0.05, 0) is 18.4 Å². The molecule has 0 aliphatic rings. The van der Waals surface area contributed by atoms with Gasteiger partial charge in [-0.1, -0.05) is 43.2 Å². The van der Waals surface area contributed by atoms with Crippen LogP contribution in [0.4, 0.5) is 9.59 Å². The minimum atomic E-state index is -0.761. The molecule has 2 N–H and O–H groups in total. The highest BCUT2D eigenvalue weighted by atomic mass is 16.6. The van der Waals surface area contributed by atoms with Crippen molar-refractivity contribution in [3.8, 4) is 0 Å². The van der Waals surface area contributed by atoms with Crippen molar-refractivity contribution in [1.82, 2.24) is 10.2 Å². The molecule has 0 aromatic heterocycles. The number of carbonyl (C=O) groups excluding carboxylic acids is 2. The van der Waals surface area contributed by atoms with Gasteiger partial charge in [-0.25, -0.2) is 9.59 Å². The van der Waals surface area contributed by atoms with Crippen LogP contribution in [0.3, 0.4) is 0 Å². The molecule has 0 fully saturated rings. The topological polar surface area (TPSA) is 78.9 Å². The number of nitrogens with zero attached hydrogens (tertiary/aromatic N) is 1. The Labute approximate surface area is 131 Å². The van der Waals surface area contributed by atoms with Crippen LogP contribution in [0.1, 0.15) is 31.2 Å². The molecule has 0 unspecified atom stereocenters. The maximum absolute atomic E-state index is 12.0. The maximum Gasteiger partial charge on any atom is 0.419 e. The molecule has 0 heterocycles. The highest BCUT2D eigenvalue weighted by Gasteiger charge is 2.18. The van der Waals surface area contributed by atoms with E-state index in [1.165, 1.54) is 11.9 Å². The number of aliphatic hydroxyl groups excluding tert-OH is 1. The third-order valence-electron chi connectivity index (χ3n) is 3.19. The molecule has 6 heteroatoms. The van der Waals surface area contributed by atoms with E-state index in [0.29, 0.717) is 13.1 Å². The van der Waals surface area contributed by atoms with Gasteiger partial charge in [-0.15, -0.1) is 0 Å². The normalized spacial score (nSPS) is 10.1. The Bertz CT molecular complexity index is 451. The molecular weight excluding hydrogens is 284 g/mol. The second kappa shape index (κ2) is 10.6. The molecule has 22 heavy (non-hydrogen) atoms. The van der Waals surface area contributed by atoms with Crippen LogP contribution < -0.4 is 5.32 Å². The lowest BCUT2D eigenvalue weighted by Crippen LogP contribution is -2.35. The summed E-state index contributed by atoms with van der Waals surface area (Å²) < 4.78 is 4.71. The number of carbonyl (C=O) groups is 2. The second-order valence-electron chi connectivity index (χ2n) is 4.95. The fourth-order valence-electron chi connectivity index (χ4n) is 2.00. The van der Waals surface area contributed by atoms with Crippen molar-refractivity contribution in [1.29, 1.82) is 0 Å². The fourth-order valence-corrected chi connectivity index (χ4v) is 2.00.